The lowest BCUT2D eigenvalue weighted by Gasteiger charge is -2.25. The van der Waals surface area contributed by atoms with E-state index in [9.17, 15) is 22.4 Å². The van der Waals surface area contributed by atoms with E-state index in [1.54, 1.807) is 40.2 Å². The van der Waals surface area contributed by atoms with E-state index in [4.69, 9.17) is 5.10 Å². The number of alkyl halides is 3. The predicted molar refractivity (Wildman–Crippen MR) is 133 cm³/mol. The average molecular weight is 524 g/mol. The van der Waals surface area contributed by atoms with Gasteiger partial charge in [0.2, 0.25) is 5.91 Å². The molecule has 2 aromatic heterocycles. The van der Waals surface area contributed by atoms with Gasteiger partial charge in [-0.05, 0) is 60.9 Å². The summed E-state index contributed by atoms with van der Waals surface area (Å²) in [7, 11) is 0. The van der Waals surface area contributed by atoms with Crippen LogP contribution in [-0.4, -0.2) is 43.6 Å². The molecular formula is C28H25F4N5O. The molecule has 3 heterocycles. The third-order valence-corrected chi connectivity index (χ3v) is 6.73. The van der Waals surface area contributed by atoms with Gasteiger partial charge in [-0.1, -0.05) is 24.6 Å². The van der Waals surface area contributed by atoms with Crippen LogP contribution in [0, 0.1) is 5.82 Å². The van der Waals surface area contributed by atoms with Gasteiger partial charge >= 0.3 is 6.18 Å². The Balaban J connectivity index is 1.45. The molecular weight excluding hydrogens is 498 g/mol. The molecule has 38 heavy (non-hydrogen) atoms. The molecule has 0 spiro atoms. The summed E-state index contributed by atoms with van der Waals surface area (Å²) >= 11 is 0. The second kappa shape index (κ2) is 10.7. The molecule has 196 valence electrons. The topological polar surface area (TPSA) is 63.9 Å². The lowest BCUT2D eigenvalue weighted by molar-refractivity contribution is -0.138. The highest BCUT2D eigenvalue weighted by atomic mass is 19.4. The van der Waals surface area contributed by atoms with Crippen molar-refractivity contribution in [3.63, 3.8) is 0 Å². The van der Waals surface area contributed by atoms with E-state index in [0.717, 1.165) is 31.0 Å². The van der Waals surface area contributed by atoms with Gasteiger partial charge in [0, 0.05) is 37.0 Å². The number of hydrogen-bond donors (Lipinski definition) is 0. The number of benzene rings is 2. The van der Waals surface area contributed by atoms with Crippen LogP contribution in [0.4, 0.5) is 17.6 Å². The maximum absolute atomic E-state index is 13.5. The summed E-state index contributed by atoms with van der Waals surface area (Å²) in [4.78, 5) is 23.6. The molecule has 0 bridgehead atoms. The Labute approximate surface area is 217 Å². The van der Waals surface area contributed by atoms with Crippen molar-refractivity contribution >= 4 is 5.91 Å². The Bertz CT molecular complexity index is 1400. The van der Waals surface area contributed by atoms with Crippen LogP contribution in [0.25, 0.3) is 17.2 Å². The summed E-state index contributed by atoms with van der Waals surface area (Å²) in [6.45, 7) is 0.790. The van der Waals surface area contributed by atoms with Crippen LogP contribution in [0.3, 0.4) is 0 Å². The number of aromatic nitrogens is 4. The Morgan fingerprint density at radius 2 is 1.71 bits per heavy atom. The van der Waals surface area contributed by atoms with E-state index < -0.39 is 11.7 Å². The van der Waals surface area contributed by atoms with Crippen LogP contribution >= 0.6 is 0 Å². The Morgan fingerprint density at radius 1 is 0.974 bits per heavy atom. The number of carbonyl (C=O) groups excluding carboxylic acids is 1. The standard InChI is InChI=1S/C28H25F4N5O/c29-22-11-9-19(10-12-22)24-17-25(37(35-24)27-33-13-5-14-34-27)21-7-3-4-15-36(18-21)26(38)16-20-6-1-2-8-23(20)28(30,31)32/h1-2,5-6,8-14,17,21H,3-4,7,15-16,18H2. The summed E-state index contributed by atoms with van der Waals surface area (Å²) in [6.07, 6.45) is 0.675. The number of likely N-dealkylation sites (tertiary alicyclic amines) is 1. The van der Waals surface area contributed by atoms with E-state index in [1.165, 1.54) is 30.3 Å². The van der Waals surface area contributed by atoms with Gasteiger partial charge in [-0.3, -0.25) is 4.79 Å². The zero-order valence-corrected chi connectivity index (χ0v) is 20.4. The molecule has 0 saturated carbocycles. The van der Waals surface area contributed by atoms with Crippen molar-refractivity contribution in [3.05, 3.63) is 95.7 Å². The number of amides is 1. The van der Waals surface area contributed by atoms with Crippen molar-refractivity contribution in [1.29, 1.82) is 0 Å². The van der Waals surface area contributed by atoms with Crippen LogP contribution < -0.4 is 0 Å². The van der Waals surface area contributed by atoms with Crippen molar-refractivity contribution in [2.24, 2.45) is 0 Å². The quantitative estimate of drug-likeness (QED) is 0.309. The molecule has 1 fully saturated rings. The SMILES string of the molecule is O=C(Cc1ccccc1C(F)(F)F)N1CCCCC(c2cc(-c3ccc(F)cc3)nn2-c2ncccn2)C1. The normalized spacial score (nSPS) is 16.3. The fourth-order valence-electron chi connectivity index (χ4n) is 4.84. The number of hydrogen-bond acceptors (Lipinski definition) is 4. The Hall–Kier alpha value is -4.08. The zero-order valence-electron chi connectivity index (χ0n) is 20.4. The molecule has 1 aliphatic rings. The molecule has 1 atom stereocenters. The van der Waals surface area contributed by atoms with Gasteiger partial charge in [0.05, 0.1) is 23.4 Å². The van der Waals surface area contributed by atoms with Crippen LogP contribution in [-0.2, 0) is 17.4 Å². The van der Waals surface area contributed by atoms with Gasteiger partial charge in [-0.25, -0.2) is 19.0 Å². The summed E-state index contributed by atoms with van der Waals surface area (Å²) in [6, 6.07) is 14.8. The van der Waals surface area contributed by atoms with Gasteiger partial charge in [-0.15, -0.1) is 0 Å². The first-order chi connectivity index (χ1) is 18.3. The molecule has 1 amide bonds. The molecule has 6 nitrogen and oxygen atoms in total. The first kappa shape index (κ1) is 25.6. The van der Waals surface area contributed by atoms with Gasteiger partial charge in [0.15, 0.2) is 0 Å². The van der Waals surface area contributed by atoms with E-state index in [-0.39, 0.29) is 29.6 Å². The minimum absolute atomic E-state index is 0.0351. The molecule has 1 saturated heterocycles. The number of halogens is 4. The predicted octanol–water partition coefficient (Wildman–Crippen LogP) is 5.83. The minimum Gasteiger partial charge on any atom is -0.342 e. The van der Waals surface area contributed by atoms with Gasteiger partial charge in [0.1, 0.15) is 5.82 Å². The fraction of sp³-hybridized carbons (Fsp3) is 0.286. The summed E-state index contributed by atoms with van der Waals surface area (Å²) in [5, 5.41) is 4.70. The zero-order chi connectivity index (χ0) is 26.7. The van der Waals surface area contributed by atoms with Crippen molar-refractivity contribution in [3.8, 4) is 17.2 Å². The highest BCUT2D eigenvalue weighted by Gasteiger charge is 2.34. The van der Waals surface area contributed by atoms with Crippen molar-refractivity contribution in [1.82, 2.24) is 24.6 Å². The monoisotopic (exact) mass is 523 g/mol. The van der Waals surface area contributed by atoms with E-state index in [1.807, 2.05) is 6.07 Å². The Kier molecular flexibility index (Phi) is 7.22. The average Bonchev–Trinajstić information content (AvgIpc) is 3.20. The number of nitrogens with zero attached hydrogens (tertiary/aromatic N) is 5. The van der Waals surface area contributed by atoms with Crippen LogP contribution in [0.1, 0.15) is 42.0 Å². The second-order valence-corrected chi connectivity index (χ2v) is 9.29. The second-order valence-electron chi connectivity index (χ2n) is 9.29. The fourth-order valence-corrected chi connectivity index (χ4v) is 4.84. The van der Waals surface area contributed by atoms with Crippen LogP contribution in [0.2, 0.25) is 0 Å². The molecule has 2 aromatic carbocycles. The van der Waals surface area contributed by atoms with Crippen molar-refractivity contribution in [2.45, 2.75) is 37.8 Å². The molecule has 4 aromatic rings. The van der Waals surface area contributed by atoms with Crippen LogP contribution in [0.5, 0.6) is 0 Å². The van der Waals surface area contributed by atoms with E-state index in [0.29, 0.717) is 30.3 Å². The largest absolute Gasteiger partial charge is 0.416 e. The van der Waals surface area contributed by atoms with E-state index in [2.05, 4.69) is 9.97 Å². The van der Waals surface area contributed by atoms with Gasteiger partial charge in [0.25, 0.3) is 5.95 Å². The lowest BCUT2D eigenvalue weighted by atomic mass is 9.98. The number of rotatable bonds is 5. The molecule has 1 aliphatic heterocycles. The lowest BCUT2D eigenvalue weighted by Crippen LogP contribution is -2.36. The smallest absolute Gasteiger partial charge is 0.342 e. The van der Waals surface area contributed by atoms with Crippen molar-refractivity contribution in [2.75, 3.05) is 13.1 Å². The highest BCUT2D eigenvalue weighted by molar-refractivity contribution is 5.79. The molecule has 1 unspecified atom stereocenters. The minimum atomic E-state index is -4.53. The summed E-state index contributed by atoms with van der Waals surface area (Å²) in [5.74, 6) is -0.499. The first-order valence-corrected chi connectivity index (χ1v) is 12.4. The first-order valence-electron chi connectivity index (χ1n) is 12.4. The molecule has 0 aliphatic carbocycles. The third kappa shape index (κ3) is 5.58. The molecule has 0 radical (unpaired) electrons. The van der Waals surface area contributed by atoms with Gasteiger partial charge in [-0.2, -0.15) is 18.3 Å². The molecule has 0 N–H and O–H groups in total. The maximum Gasteiger partial charge on any atom is 0.416 e. The maximum atomic E-state index is 13.5. The highest BCUT2D eigenvalue weighted by Crippen LogP contribution is 2.34. The molecule has 10 heteroatoms. The third-order valence-electron chi connectivity index (χ3n) is 6.73. The van der Waals surface area contributed by atoms with Crippen LogP contribution in [0.15, 0.2) is 73.1 Å². The number of carbonyl (C=O) groups is 1. The Morgan fingerprint density at radius 3 is 2.45 bits per heavy atom. The van der Waals surface area contributed by atoms with Crippen molar-refractivity contribution < 1.29 is 22.4 Å². The van der Waals surface area contributed by atoms with E-state index >= 15 is 0 Å². The summed E-state index contributed by atoms with van der Waals surface area (Å²) in [5.41, 5.74) is 1.28. The summed E-state index contributed by atoms with van der Waals surface area (Å²) < 4.78 is 55.6. The van der Waals surface area contributed by atoms with Gasteiger partial charge < -0.3 is 4.90 Å². The molecule has 5 rings (SSSR count).